The van der Waals surface area contributed by atoms with Gasteiger partial charge in [0.05, 0.1) is 18.4 Å². The van der Waals surface area contributed by atoms with Gasteiger partial charge in [-0.3, -0.25) is 4.68 Å². The number of anilines is 1. The summed E-state index contributed by atoms with van der Waals surface area (Å²) in [6, 6.07) is 0.525. The molecule has 0 aromatic carbocycles. The first-order valence-corrected chi connectivity index (χ1v) is 6.05. The molecular formula is C12H24N4. The Morgan fingerprint density at radius 1 is 1.50 bits per heavy atom. The summed E-state index contributed by atoms with van der Waals surface area (Å²) in [7, 11) is 4.15. The van der Waals surface area contributed by atoms with Gasteiger partial charge in [-0.2, -0.15) is 5.10 Å². The highest BCUT2D eigenvalue weighted by Gasteiger charge is 2.03. The van der Waals surface area contributed by atoms with Crippen LogP contribution in [-0.2, 0) is 6.54 Å². The Morgan fingerprint density at radius 3 is 2.88 bits per heavy atom. The van der Waals surface area contributed by atoms with Crippen molar-refractivity contribution in [1.82, 2.24) is 14.7 Å². The van der Waals surface area contributed by atoms with Crippen LogP contribution in [0, 0.1) is 0 Å². The van der Waals surface area contributed by atoms with E-state index in [0.717, 1.165) is 18.8 Å². The predicted molar refractivity (Wildman–Crippen MR) is 68.8 cm³/mol. The second-order valence-electron chi connectivity index (χ2n) is 4.63. The van der Waals surface area contributed by atoms with Crippen molar-refractivity contribution in [2.75, 3.05) is 26.0 Å². The Labute approximate surface area is 98.6 Å². The SMILES string of the molecule is CCCC(C)Nc1cnn(CCN(C)C)c1. The van der Waals surface area contributed by atoms with Crippen LogP contribution in [0.15, 0.2) is 12.4 Å². The first-order chi connectivity index (χ1) is 7.61. The van der Waals surface area contributed by atoms with Gasteiger partial charge in [-0.05, 0) is 27.4 Å². The van der Waals surface area contributed by atoms with Gasteiger partial charge >= 0.3 is 0 Å². The second kappa shape index (κ2) is 6.53. The molecule has 0 amide bonds. The standard InChI is InChI=1S/C12H24N4/c1-5-6-11(2)14-12-9-13-16(10-12)8-7-15(3)4/h9-11,14H,5-8H2,1-4H3. The van der Waals surface area contributed by atoms with E-state index in [0.29, 0.717) is 6.04 Å². The maximum absolute atomic E-state index is 4.33. The normalized spacial score (nSPS) is 13.1. The molecular weight excluding hydrogens is 200 g/mol. The molecule has 4 heteroatoms. The summed E-state index contributed by atoms with van der Waals surface area (Å²) in [4.78, 5) is 2.16. The van der Waals surface area contributed by atoms with E-state index in [1.165, 1.54) is 12.8 Å². The summed E-state index contributed by atoms with van der Waals surface area (Å²) < 4.78 is 1.99. The van der Waals surface area contributed by atoms with Crippen LogP contribution in [-0.4, -0.2) is 41.4 Å². The molecule has 0 aliphatic rings. The van der Waals surface area contributed by atoms with Gasteiger partial charge in [0.15, 0.2) is 0 Å². The van der Waals surface area contributed by atoms with Crippen molar-refractivity contribution in [2.24, 2.45) is 0 Å². The fourth-order valence-electron chi connectivity index (χ4n) is 1.65. The van der Waals surface area contributed by atoms with Gasteiger partial charge in [-0.15, -0.1) is 0 Å². The number of hydrogen-bond donors (Lipinski definition) is 1. The summed E-state index contributed by atoms with van der Waals surface area (Å²) in [5.41, 5.74) is 1.12. The number of hydrogen-bond acceptors (Lipinski definition) is 3. The largest absolute Gasteiger partial charge is 0.380 e. The van der Waals surface area contributed by atoms with E-state index in [1.807, 2.05) is 10.9 Å². The zero-order valence-corrected chi connectivity index (χ0v) is 10.9. The maximum atomic E-state index is 4.33. The molecule has 4 nitrogen and oxygen atoms in total. The summed E-state index contributed by atoms with van der Waals surface area (Å²) in [6.07, 6.45) is 6.39. The van der Waals surface area contributed by atoms with E-state index in [1.54, 1.807) is 0 Å². The molecule has 1 unspecified atom stereocenters. The first-order valence-electron chi connectivity index (χ1n) is 6.05. The van der Waals surface area contributed by atoms with Crippen LogP contribution in [0.3, 0.4) is 0 Å². The average Bonchev–Trinajstić information content (AvgIpc) is 2.63. The number of rotatable bonds is 7. The van der Waals surface area contributed by atoms with Crippen molar-refractivity contribution in [3.05, 3.63) is 12.4 Å². The van der Waals surface area contributed by atoms with Crippen LogP contribution < -0.4 is 5.32 Å². The highest BCUT2D eigenvalue weighted by Crippen LogP contribution is 2.09. The molecule has 0 saturated carbocycles. The lowest BCUT2D eigenvalue weighted by Gasteiger charge is -2.12. The third kappa shape index (κ3) is 4.66. The number of aromatic nitrogens is 2. The van der Waals surface area contributed by atoms with Gasteiger partial charge in [0.2, 0.25) is 0 Å². The molecule has 0 radical (unpaired) electrons. The summed E-state index contributed by atoms with van der Waals surface area (Å²) in [6.45, 7) is 6.38. The zero-order valence-electron chi connectivity index (χ0n) is 10.9. The Bertz CT molecular complexity index is 293. The quantitative estimate of drug-likeness (QED) is 0.769. The van der Waals surface area contributed by atoms with E-state index >= 15 is 0 Å². The molecule has 0 fully saturated rings. The van der Waals surface area contributed by atoms with Crippen molar-refractivity contribution in [3.63, 3.8) is 0 Å². The molecule has 0 bridgehead atoms. The van der Waals surface area contributed by atoms with E-state index in [4.69, 9.17) is 0 Å². The van der Waals surface area contributed by atoms with E-state index < -0.39 is 0 Å². The molecule has 1 N–H and O–H groups in total. The van der Waals surface area contributed by atoms with Crippen molar-refractivity contribution in [3.8, 4) is 0 Å². The van der Waals surface area contributed by atoms with Gasteiger partial charge in [-0.25, -0.2) is 0 Å². The molecule has 1 rings (SSSR count). The topological polar surface area (TPSA) is 33.1 Å². The third-order valence-corrected chi connectivity index (χ3v) is 2.54. The van der Waals surface area contributed by atoms with Gasteiger partial charge in [0.25, 0.3) is 0 Å². The van der Waals surface area contributed by atoms with Crippen molar-refractivity contribution >= 4 is 5.69 Å². The van der Waals surface area contributed by atoms with Gasteiger partial charge in [0, 0.05) is 18.8 Å². The Morgan fingerprint density at radius 2 is 2.25 bits per heavy atom. The Kier molecular flexibility index (Phi) is 5.32. The molecule has 1 aromatic rings. The Hall–Kier alpha value is -1.03. The lowest BCUT2D eigenvalue weighted by molar-refractivity contribution is 0.373. The minimum absolute atomic E-state index is 0.525. The average molecular weight is 224 g/mol. The maximum Gasteiger partial charge on any atom is 0.0728 e. The van der Waals surface area contributed by atoms with Crippen LogP contribution in [0.5, 0.6) is 0 Å². The van der Waals surface area contributed by atoms with Crippen LogP contribution >= 0.6 is 0 Å². The van der Waals surface area contributed by atoms with E-state index in [2.05, 4.69) is 49.5 Å². The van der Waals surface area contributed by atoms with Gasteiger partial charge in [0.1, 0.15) is 0 Å². The summed E-state index contributed by atoms with van der Waals surface area (Å²) in [5.74, 6) is 0. The van der Waals surface area contributed by atoms with Crippen molar-refractivity contribution in [1.29, 1.82) is 0 Å². The predicted octanol–water partition coefficient (Wildman–Crippen LogP) is 2.05. The monoisotopic (exact) mass is 224 g/mol. The number of nitrogens with one attached hydrogen (secondary N) is 1. The lowest BCUT2D eigenvalue weighted by Crippen LogP contribution is -2.18. The van der Waals surface area contributed by atoms with Gasteiger partial charge < -0.3 is 10.2 Å². The molecule has 0 aliphatic carbocycles. The van der Waals surface area contributed by atoms with Crippen LogP contribution in [0.25, 0.3) is 0 Å². The molecule has 1 aromatic heterocycles. The first kappa shape index (κ1) is 13.0. The fraction of sp³-hybridized carbons (Fsp3) is 0.750. The molecule has 0 saturated heterocycles. The van der Waals surface area contributed by atoms with Crippen LogP contribution in [0.4, 0.5) is 5.69 Å². The molecule has 0 spiro atoms. The molecule has 1 atom stereocenters. The van der Waals surface area contributed by atoms with Crippen molar-refractivity contribution in [2.45, 2.75) is 39.3 Å². The molecule has 1 heterocycles. The second-order valence-corrected chi connectivity index (χ2v) is 4.63. The molecule has 16 heavy (non-hydrogen) atoms. The highest BCUT2D eigenvalue weighted by molar-refractivity contribution is 5.38. The summed E-state index contributed by atoms with van der Waals surface area (Å²) in [5, 5.41) is 7.78. The minimum Gasteiger partial charge on any atom is -0.380 e. The highest BCUT2D eigenvalue weighted by atomic mass is 15.3. The molecule has 0 aliphatic heterocycles. The van der Waals surface area contributed by atoms with Gasteiger partial charge in [-0.1, -0.05) is 13.3 Å². The zero-order chi connectivity index (χ0) is 12.0. The van der Waals surface area contributed by atoms with Crippen molar-refractivity contribution < 1.29 is 0 Å². The number of likely N-dealkylation sites (N-methyl/N-ethyl adjacent to an activating group) is 1. The Balaban J connectivity index is 2.39. The minimum atomic E-state index is 0.525. The third-order valence-electron chi connectivity index (χ3n) is 2.54. The smallest absolute Gasteiger partial charge is 0.0728 e. The summed E-state index contributed by atoms with van der Waals surface area (Å²) >= 11 is 0. The van der Waals surface area contributed by atoms with E-state index in [-0.39, 0.29) is 0 Å². The van der Waals surface area contributed by atoms with Crippen LogP contribution in [0.2, 0.25) is 0 Å². The molecule has 92 valence electrons. The van der Waals surface area contributed by atoms with E-state index in [9.17, 15) is 0 Å². The fourth-order valence-corrected chi connectivity index (χ4v) is 1.65. The number of nitrogens with zero attached hydrogens (tertiary/aromatic N) is 3. The van der Waals surface area contributed by atoms with Crippen LogP contribution in [0.1, 0.15) is 26.7 Å². The lowest BCUT2D eigenvalue weighted by atomic mass is 10.2.